The van der Waals surface area contributed by atoms with Gasteiger partial charge in [-0.05, 0) is 39.6 Å². The predicted octanol–water partition coefficient (Wildman–Crippen LogP) is 4.97. The third-order valence-corrected chi connectivity index (χ3v) is 3.96. The molecule has 1 atom stereocenters. The zero-order chi connectivity index (χ0) is 15.6. The van der Waals surface area contributed by atoms with Gasteiger partial charge in [-0.15, -0.1) is 0 Å². The van der Waals surface area contributed by atoms with Crippen molar-refractivity contribution in [3.8, 4) is 5.75 Å². The molecule has 0 bridgehead atoms. The van der Waals surface area contributed by atoms with Crippen LogP contribution in [0.15, 0.2) is 24.3 Å². The Labute approximate surface area is 122 Å². The van der Waals surface area contributed by atoms with E-state index in [4.69, 9.17) is 9.26 Å². The summed E-state index contributed by atoms with van der Waals surface area (Å²) in [4.78, 5) is 0. The molecule has 0 aliphatic carbocycles. The van der Waals surface area contributed by atoms with Crippen LogP contribution in [-0.4, -0.2) is 13.5 Å². The van der Waals surface area contributed by atoms with Crippen LogP contribution in [0.3, 0.4) is 0 Å². The van der Waals surface area contributed by atoms with Gasteiger partial charge in [-0.1, -0.05) is 19.9 Å². The lowest BCUT2D eigenvalue weighted by atomic mass is 9.95. The smallest absolute Gasteiger partial charge is 0.338 e. The van der Waals surface area contributed by atoms with Crippen LogP contribution in [0.2, 0.25) is 0 Å². The van der Waals surface area contributed by atoms with Crippen molar-refractivity contribution >= 4 is 18.8 Å². The van der Waals surface area contributed by atoms with E-state index in [9.17, 15) is 13.3 Å². The summed E-state index contributed by atoms with van der Waals surface area (Å²) in [6.45, 7) is 3.75. The van der Waals surface area contributed by atoms with E-state index < -0.39 is 19.7 Å². The minimum absolute atomic E-state index is 0.0256. The highest BCUT2D eigenvalue weighted by molar-refractivity contribution is 7.39. The van der Waals surface area contributed by atoms with Crippen molar-refractivity contribution in [2.24, 2.45) is 0 Å². The number of ether oxygens (including phenoxy) is 1. The maximum Gasteiger partial charge on any atom is 0.585 e. The SMILES string of the molecule is COC[P+](=O)Oc1cc(C(C)C)c2c(F)c(F)ccc2c1. The van der Waals surface area contributed by atoms with E-state index >= 15 is 0 Å². The fraction of sp³-hybridized carbons (Fsp3) is 0.333. The van der Waals surface area contributed by atoms with Gasteiger partial charge in [0.1, 0.15) is 0 Å². The van der Waals surface area contributed by atoms with E-state index in [1.165, 1.54) is 13.2 Å². The van der Waals surface area contributed by atoms with Crippen molar-refractivity contribution < 1.29 is 22.6 Å². The molecule has 0 N–H and O–H groups in total. The number of fused-ring (bicyclic) bond motifs is 1. The maximum absolute atomic E-state index is 14.0. The van der Waals surface area contributed by atoms with Gasteiger partial charge < -0.3 is 4.74 Å². The first-order chi connectivity index (χ1) is 9.93. The molecule has 0 fully saturated rings. The highest BCUT2D eigenvalue weighted by Crippen LogP contribution is 2.36. The van der Waals surface area contributed by atoms with E-state index in [-0.39, 0.29) is 17.7 Å². The molecule has 1 unspecified atom stereocenters. The van der Waals surface area contributed by atoms with E-state index in [2.05, 4.69) is 0 Å². The summed E-state index contributed by atoms with van der Waals surface area (Å²) in [6.07, 6.45) is -0.0256. The molecule has 0 aromatic heterocycles. The molecule has 0 amide bonds. The number of benzene rings is 2. The summed E-state index contributed by atoms with van der Waals surface area (Å²) >= 11 is 0. The first kappa shape index (κ1) is 15.8. The molecule has 21 heavy (non-hydrogen) atoms. The zero-order valence-corrected chi connectivity index (χ0v) is 12.9. The Kier molecular flexibility index (Phi) is 4.86. The molecule has 6 heteroatoms. The van der Waals surface area contributed by atoms with Crippen molar-refractivity contribution in [1.29, 1.82) is 0 Å². The number of methoxy groups -OCH3 is 1. The number of rotatable bonds is 5. The van der Waals surface area contributed by atoms with E-state index in [1.807, 2.05) is 13.8 Å². The molecule has 0 spiro atoms. The lowest BCUT2D eigenvalue weighted by Crippen LogP contribution is -1.97. The van der Waals surface area contributed by atoms with E-state index in [0.717, 1.165) is 6.07 Å². The van der Waals surface area contributed by atoms with Gasteiger partial charge in [0.05, 0.1) is 0 Å². The van der Waals surface area contributed by atoms with Crippen LogP contribution in [-0.2, 0) is 9.30 Å². The summed E-state index contributed by atoms with van der Waals surface area (Å²) in [5.74, 6) is -1.43. The molecule has 0 radical (unpaired) electrons. The number of halogens is 2. The van der Waals surface area contributed by atoms with Crippen molar-refractivity contribution in [3.05, 3.63) is 41.5 Å². The average molecular weight is 313 g/mol. The second-order valence-corrected chi connectivity index (χ2v) is 6.07. The van der Waals surface area contributed by atoms with Crippen LogP contribution in [0.4, 0.5) is 8.78 Å². The van der Waals surface area contributed by atoms with Crippen LogP contribution >= 0.6 is 8.03 Å². The van der Waals surface area contributed by atoms with Gasteiger partial charge in [0.25, 0.3) is 6.35 Å². The summed E-state index contributed by atoms with van der Waals surface area (Å²) in [5, 5.41) is 0.746. The Bertz CT molecular complexity index is 686. The second-order valence-electron chi connectivity index (χ2n) is 4.97. The van der Waals surface area contributed by atoms with Crippen LogP contribution in [0.5, 0.6) is 5.75 Å². The minimum Gasteiger partial charge on any atom is -0.338 e. The quantitative estimate of drug-likeness (QED) is 0.731. The maximum atomic E-state index is 14.0. The molecule has 2 aromatic rings. The molecule has 0 saturated heterocycles. The van der Waals surface area contributed by atoms with Gasteiger partial charge in [-0.3, -0.25) is 4.52 Å². The highest BCUT2D eigenvalue weighted by atomic mass is 31.1. The van der Waals surface area contributed by atoms with E-state index in [1.54, 1.807) is 12.1 Å². The standard InChI is InChI=1S/C15H16F2O3P/c1-9(2)12-7-11(20-21(18)8-19-3)6-10-4-5-13(16)15(17)14(10)12/h4-7,9H,8H2,1-3H3/q+1. The second kappa shape index (κ2) is 6.46. The first-order valence-corrected chi connectivity index (χ1v) is 7.83. The molecule has 0 saturated carbocycles. The lowest BCUT2D eigenvalue weighted by Gasteiger charge is -2.12. The van der Waals surface area contributed by atoms with Crippen LogP contribution < -0.4 is 4.52 Å². The predicted molar refractivity (Wildman–Crippen MR) is 78.1 cm³/mol. The molecule has 112 valence electrons. The third kappa shape index (κ3) is 3.36. The largest absolute Gasteiger partial charge is 0.585 e. The summed E-state index contributed by atoms with van der Waals surface area (Å²) in [5.41, 5.74) is 0.611. The Balaban J connectivity index is 2.57. The molecule has 0 aliphatic rings. The Morgan fingerprint density at radius 3 is 2.57 bits per heavy atom. The van der Waals surface area contributed by atoms with Gasteiger partial charge in [0.2, 0.25) is 0 Å². The molecule has 0 heterocycles. The van der Waals surface area contributed by atoms with Gasteiger partial charge in [-0.25, -0.2) is 8.78 Å². The van der Waals surface area contributed by atoms with Gasteiger partial charge in [0.15, 0.2) is 17.4 Å². The van der Waals surface area contributed by atoms with Crippen molar-refractivity contribution in [3.63, 3.8) is 0 Å². The van der Waals surface area contributed by atoms with Crippen LogP contribution in [0, 0.1) is 11.6 Å². The van der Waals surface area contributed by atoms with Gasteiger partial charge >= 0.3 is 8.03 Å². The molecule has 0 aliphatic heterocycles. The summed E-state index contributed by atoms with van der Waals surface area (Å²) < 4.78 is 49.1. The van der Waals surface area contributed by atoms with Gasteiger partial charge in [-0.2, -0.15) is 0 Å². The summed E-state index contributed by atoms with van der Waals surface area (Å²) in [7, 11) is -0.573. The molecule has 2 rings (SSSR count). The van der Waals surface area contributed by atoms with E-state index in [0.29, 0.717) is 16.7 Å². The Hall–Kier alpha value is -1.58. The molecule has 2 aromatic carbocycles. The Morgan fingerprint density at radius 2 is 1.95 bits per heavy atom. The number of hydrogen-bond acceptors (Lipinski definition) is 3. The average Bonchev–Trinajstić information content (AvgIpc) is 2.42. The zero-order valence-electron chi connectivity index (χ0n) is 12.0. The molecular weight excluding hydrogens is 297 g/mol. The highest BCUT2D eigenvalue weighted by Gasteiger charge is 2.21. The van der Waals surface area contributed by atoms with Crippen LogP contribution in [0.1, 0.15) is 25.3 Å². The van der Waals surface area contributed by atoms with Crippen molar-refractivity contribution in [1.82, 2.24) is 0 Å². The van der Waals surface area contributed by atoms with Crippen LogP contribution in [0.25, 0.3) is 10.8 Å². The monoisotopic (exact) mass is 313 g/mol. The minimum atomic E-state index is -2.00. The number of hydrogen-bond donors (Lipinski definition) is 0. The summed E-state index contributed by atoms with van der Waals surface area (Å²) in [6, 6.07) is 5.70. The van der Waals surface area contributed by atoms with Gasteiger partial charge in [0, 0.05) is 12.5 Å². The topological polar surface area (TPSA) is 35.5 Å². The molecular formula is C15H16F2O3P+. The van der Waals surface area contributed by atoms with Crippen molar-refractivity contribution in [2.45, 2.75) is 19.8 Å². The lowest BCUT2D eigenvalue weighted by molar-refractivity contribution is 0.244. The fourth-order valence-corrected chi connectivity index (χ4v) is 2.76. The Morgan fingerprint density at radius 1 is 1.24 bits per heavy atom. The normalized spacial score (nSPS) is 12.0. The molecule has 3 nitrogen and oxygen atoms in total. The fourth-order valence-electron chi connectivity index (χ4n) is 2.16. The van der Waals surface area contributed by atoms with Crippen molar-refractivity contribution in [2.75, 3.05) is 13.5 Å². The first-order valence-electron chi connectivity index (χ1n) is 6.47. The third-order valence-electron chi connectivity index (χ3n) is 3.08.